The summed E-state index contributed by atoms with van der Waals surface area (Å²) in [4.78, 5) is 0. The fourth-order valence-electron chi connectivity index (χ4n) is 2.23. The first kappa shape index (κ1) is 19.0. The Bertz CT molecular complexity index is 865. The molecule has 9 heteroatoms. The van der Waals surface area contributed by atoms with Gasteiger partial charge in [0.1, 0.15) is 17.2 Å². The summed E-state index contributed by atoms with van der Waals surface area (Å²) in [5.41, 5.74) is 1.59. The normalized spacial score (nSPS) is 10.9. The summed E-state index contributed by atoms with van der Waals surface area (Å²) in [6.07, 6.45) is 0. The molecule has 3 aromatic rings. The highest BCUT2D eigenvalue weighted by Crippen LogP contribution is 2.31. The molecule has 1 aromatic heterocycles. The summed E-state index contributed by atoms with van der Waals surface area (Å²) in [5, 5.41) is 8.45. The lowest BCUT2D eigenvalue weighted by molar-refractivity contribution is -0.0498. The number of rotatable bonds is 8. The molecule has 0 aliphatic carbocycles. The number of nitrogens with zero attached hydrogens (tertiary/aromatic N) is 2. The average Bonchev–Trinajstić information content (AvgIpc) is 3.15. The summed E-state index contributed by atoms with van der Waals surface area (Å²) < 4.78 is 44.8. The Labute approximate surface area is 158 Å². The maximum Gasteiger partial charge on any atom is 0.387 e. The van der Waals surface area contributed by atoms with E-state index in [0.717, 1.165) is 5.56 Å². The first-order valence-corrected chi connectivity index (χ1v) is 8.79. The van der Waals surface area contributed by atoms with Crippen molar-refractivity contribution in [2.24, 2.45) is 0 Å². The first-order chi connectivity index (χ1) is 13.1. The van der Waals surface area contributed by atoms with Gasteiger partial charge in [-0.05, 0) is 29.8 Å². The van der Waals surface area contributed by atoms with E-state index in [9.17, 15) is 8.78 Å². The van der Waals surface area contributed by atoms with Crippen molar-refractivity contribution in [1.82, 2.24) is 10.2 Å². The molecule has 0 saturated heterocycles. The molecule has 0 saturated carbocycles. The van der Waals surface area contributed by atoms with E-state index in [1.165, 1.54) is 23.9 Å². The molecule has 0 bridgehead atoms. The van der Waals surface area contributed by atoms with Crippen LogP contribution in [0, 0.1) is 0 Å². The Balaban J connectivity index is 1.66. The van der Waals surface area contributed by atoms with E-state index in [-0.39, 0.29) is 5.75 Å². The Kier molecular flexibility index (Phi) is 6.12. The number of aromatic nitrogens is 2. The molecule has 2 aromatic carbocycles. The molecule has 0 aliphatic heterocycles. The van der Waals surface area contributed by atoms with E-state index >= 15 is 0 Å². The number of alkyl halides is 2. The van der Waals surface area contributed by atoms with E-state index in [0.29, 0.717) is 33.9 Å². The van der Waals surface area contributed by atoms with Gasteiger partial charge < -0.3 is 18.6 Å². The van der Waals surface area contributed by atoms with Crippen LogP contribution >= 0.6 is 11.8 Å². The molecule has 6 nitrogen and oxygen atoms in total. The fraction of sp³-hybridized carbons (Fsp3) is 0.222. The van der Waals surface area contributed by atoms with Crippen LogP contribution in [0.2, 0.25) is 0 Å². The summed E-state index contributed by atoms with van der Waals surface area (Å²) in [7, 11) is 3.12. The summed E-state index contributed by atoms with van der Waals surface area (Å²) in [6.45, 7) is -2.84. The number of ether oxygens (including phenoxy) is 3. The molecule has 1 heterocycles. The Hall–Kier alpha value is -2.81. The summed E-state index contributed by atoms with van der Waals surface area (Å²) in [5.74, 6) is 2.23. The van der Waals surface area contributed by atoms with Gasteiger partial charge in [-0.3, -0.25) is 0 Å². The molecule has 0 radical (unpaired) electrons. The topological polar surface area (TPSA) is 66.6 Å². The third-order valence-corrected chi connectivity index (χ3v) is 4.41. The number of hydrogen-bond donors (Lipinski definition) is 0. The van der Waals surface area contributed by atoms with Gasteiger partial charge >= 0.3 is 6.61 Å². The minimum absolute atomic E-state index is 0.116. The largest absolute Gasteiger partial charge is 0.497 e. The predicted octanol–water partition coefficient (Wildman–Crippen LogP) is 4.65. The van der Waals surface area contributed by atoms with Gasteiger partial charge in [0.2, 0.25) is 5.89 Å². The van der Waals surface area contributed by atoms with Crippen molar-refractivity contribution in [3.8, 4) is 28.7 Å². The second-order valence-electron chi connectivity index (χ2n) is 5.29. The molecule has 0 atom stereocenters. The fourth-order valence-corrected chi connectivity index (χ4v) is 2.95. The Morgan fingerprint density at radius 3 is 2.22 bits per heavy atom. The van der Waals surface area contributed by atoms with Gasteiger partial charge in [-0.15, -0.1) is 10.2 Å². The molecule has 0 aliphatic rings. The van der Waals surface area contributed by atoms with Crippen molar-refractivity contribution < 1.29 is 27.4 Å². The van der Waals surface area contributed by atoms with E-state index in [1.54, 1.807) is 44.6 Å². The van der Waals surface area contributed by atoms with Crippen LogP contribution in [0.1, 0.15) is 5.56 Å². The van der Waals surface area contributed by atoms with E-state index < -0.39 is 6.61 Å². The molecule has 27 heavy (non-hydrogen) atoms. The average molecular weight is 394 g/mol. The Morgan fingerprint density at radius 2 is 1.63 bits per heavy atom. The highest BCUT2D eigenvalue weighted by molar-refractivity contribution is 7.98. The van der Waals surface area contributed by atoms with Crippen LogP contribution in [-0.4, -0.2) is 31.0 Å². The van der Waals surface area contributed by atoms with Gasteiger partial charge in [-0.1, -0.05) is 23.9 Å². The van der Waals surface area contributed by atoms with Gasteiger partial charge in [0, 0.05) is 17.4 Å². The maximum atomic E-state index is 12.2. The van der Waals surface area contributed by atoms with Crippen LogP contribution in [0.5, 0.6) is 17.2 Å². The SMILES string of the molecule is COc1cc(OC)cc(-c2nnc(SCc3ccc(OC(F)F)cc3)o2)c1. The molecule has 3 rings (SSSR count). The zero-order valence-corrected chi connectivity index (χ0v) is 15.3. The van der Waals surface area contributed by atoms with Gasteiger partial charge in [-0.2, -0.15) is 8.78 Å². The van der Waals surface area contributed by atoms with Crippen molar-refractivity contribution in [3.05, 3.63) is 48.0 Å². The van der Waals surface area contributed by atoms with Gasteiger partial charge in [0.05, 0.1) is 14.2 Å². The second kappa shape index (κ2) is 8.72. The van der Waals surface area contributed by atoms with Crippen molar-refractivity contribution in [3.63, 3.8) is 0 Å². The van der Waals surface area contributed by atoms with Gasteiger partial charge in [0.25, 0.3) is 5.22 Å². The molecule has 0 spiro atoms. The lowest BCUT2D eigenvalue weighted by Crippen LogP contribution is -2.01. The molecule has 0 fully saturated rings. The number of thioether (sulfide) groups is 1. The van der Waals surface area contributed by atoms with E-state index in [4.69, 9.17) is 13.9 Å². The van der Waals surface area contributed by atoms with E-state index in [1.807, 2.05) is 0 Å². The first-order valence-electron chi connectivity index (χ1n) is 7.81. The number of benzene rings is 2. The standard InChI is InChI=1S/C18H16F2N2O4S/c1-23-14-7-12(8-15(9-14)24-2)16-21-22-18(26-16)27-10-11-3-5-13(6-4-11)25-17(19)20/h3-9,17H,10H2,1-2H3. The quantitative estimate of drug-likeness (QED) is 0.515. The minimum Gasteiger partial charge on any atom is -0.497 e. The predicted molar refractivity (Wildman–Crippen MR) is 95.5 cm³/mol. The lowest BCUT2D eigenvalue weighted by atomic mass is 10.2. The molecular weight excluding hydrogens is 378 g/mol. The van der Waals surface area contributed by atoms with Gasteiger partial charge in [0.15, 0.2) is 0 Å². The maximum absolute atomic E-state index is 12.2. The highest BCUT2D eigenvalue weighted by atomic mass is 32.2. The molecular formula is C18H16F2N2O4S. The summed E-state index contributed by atoms with van der Waals surface area (Å²) in [6, 6.07) is 11.7. The number of halogens is 2. The van der Waals surface area contributed by atoms with Crippen LogP contribution in [0.3, 0.4) is 0 Å². The van der Waals surface area contributed by atoms with Crippen molar-refractivity contribution in [2.45, 2.75) is 17.6 Å². The molecule has 0 N–H and O–H groups in total. The minimum atomic E-state index is -2.84. The van der Waals surface area contributed by atoms with Crippen LogP contribution < -0.4 is 14.2 Å². The highest BCUT2D eigenvalue weighted by Gasteiger charge is 2.12. The third-order valence-electron chi connectivity index (χ3n) is 3.52. The smallest absolute Gasteiger partial charge is 0.387 e. The van der Waals surface area contributed by atoms with Crippen molar-refractivity contribution in [1.29, 1.82) is 0 Å². The van der Waals surface area contributed by atoms with Gasteiger partial charge in [-0.25, -0.2) is 0 Å². The van der Waals surface area contributed by atoms with E-state index in [2.05, 4.69) is 14.9 Å². The molecule has 0 amide bonds. The molecule has 0 unspecified atom stereocenters. The second-order valence-corrected chi connectivity index (χ2v) is 6.21. The van der Waals surface area contributed by atoms with Crippen LogP contribution in [0.25, 0.3) is 11.5 Å². The lowest BCUT2D eigenvalue weighted by Gasteiger charge is -2.05. The van der Waals surface area contributed by atoms with Crippen LogP contribution in [0.15, 0.2) is 52.1 Å². The van der Waals surface area contributed by atoms with Crippen molar-refractivity contribution >= 4 is 11.8 Å². The number of hydrogen-bond acceptors (Lipinski definition) is 7. The third kappa shape index (κ3) is 5.10. The van der Waals surface area contributed by atoms with Crippen molar-refractivity contribution in [2.75, 3.05) is 14.2 Å². The molecule has 142 valence electrons. The number of methoxy groups -OCH3 is 2. The zero-order chi connectivity index (χ0) is 19.2. The Morgan fingerprint density at radius 1 is 0.963 bits per heavy atom. The zero-order valence-electron chi connectivity index (χ0n) is 14.5. The monoisotopic (exact) mass is 394 g/mol. The van der Waals surface area contributed by atoms with Crippen LogP contribution in [-0.2, 0) is 5.75 Å². The summed E-state index contributed by atoms with van der Waals surface area (Å²) >= 11 is 1.34. The van der Waals surface area contributed by atoms with Crippen LogP contribution in [0.4, 0.5) is 8.78 Å².